The van der Waals surface area contributed by atoms with E-state index in [4.69, 9.17) is 16.5 Å². The van der Waals surface area contributed by atoms with Gasteiger partial charge in [-0.3, -0.25) is 0 Å². The summed E-state index contributed by atoms with van der Waals surface area (Å²) in [7, 11) is 0. The maximum absolute atomic E-state index is 13.9. The molecule has 4 aromatic rings. The van der Waals surface area contributed by atoms with Crippen LogP contribution in [0.3, 0.4) is 0 Å². The third-order valence-electron chi connectivity index (χ3n) is 5.79. The number of halogens is 1. The predicted octanol–water partition coefficient (Wildman–Crippen LogP) is 4.21. The fourth-order valence-corrected chi connectivity index (χ4v) is 4.38. The number of hydrogen-bond acceptors (Lipinski definition) is 7. The van der Waals surface area contributed by atoms with Gasteiger partial charge >= 0.3 is 0 Å². The molecule has 2 aromatic carbocycles. The minimum absolute atomic E-state index is 0.0255. The van der Waals surface area contributed by atoms with Crippen LogP contribution < -0.4 is 16.4 Å². The Labute approximate surface area is 184 Å². The number of nitrogens with zero attached hydrogens (tertiary/aromatic N) is 5. The van der Waals surface area contributed by atoms with E-state index in [0.717, 1.165) is 35.0 Å². The summed E-state index contributed by atoms with van der Waals surface area (Å²) in [4.78, 5) is 15.2. The SMILES string of the molecule is N#Cc1c(N)nc(N)nc1N1CCCC1c1cc2ccc(F)cc2nc1-c1ccccc1. The molecule has 7 nitrogen and oxygen atoms in total. The summed E-state index contributed by atoms with van der Waals surface area (Å²) in [6, 6.07) is 18.5. The number of fused-ring (bicyclic) bond motifs is 1. The Morgan fingerprint density at radius 3 is 2.62 bits per heavy atom. The first kappa shape index (κ1) is 19.7. The van der Waals surface area contributed by atoms with Crippen LogP contribution in [-0.2, 0) is 0 Å². The van der Waals surface area contributed by atoms with Gasteiger partial charge in [0.15, 0.2) is 5.82 Å². The highest BCUT2D eigenvalue weighted by atomic mass is 19.1. The average Bonchev–Trinajstić information content (AvgIpc) is 3.28. The van der Waals surface area contributed by atoms with E-state index >= 15 is 0 Å². The lowest BCUT2D eigenvalue weighted by Gasteiger charge is -2.28. The summed E-state index contributed by atoms with van der Waals surface area (Å²) in [6.07, 6.45) is 1.73. The summed E-state index contributed by atoms with van der Waals surface area (Å²) < 4.78 is 13.9. The Hall–Kier alpha value is -4.25. The molecule has 158 valence electrons. The van der Waals surface area contributed by atoms with Crippen LogP contribution in [0.15, 0.2) is 54.6 Å². The maximum atomic E-state index is 13.9. The zero-order valence-corrected chi connectivity index (χ0v) is 17.2. The smallest absolute Gasteiger partial charge is 0.224 e. The number of nitrogens with two attached hydrogens (primary N) is 2. The number of aromatic nitrogens is 3. The molecule has 3 heterocycles. The van der Waals surface area contributed by atoms with Crippen LogP contribution in [-0.4, -0.2) is 21.5 Å². The lowest BCUT2D eigenvalue weighted by atomic mass is 9.96. The molecule has 0 aliphatic carbocycles. The van der Waals surface area contributed by atoms with E-state index in [1.165, 1.54) is 12.1 Å². The highest BCUT2D eigenvalue weighted by molar-refractivity contribution is 5.84. The number of anilines is 3. The maximum Gasteiger partial charge on any atom is 0.224 e. The van der Waals surface area contributed by atoms with Crippen molar-refractivity contribution < 1.29 is 4.39 Å². The standard InChI is InChI=1S/C24H20FN7/c25-16-9-8-15-11-17(21(29-19(15)12-16)14-5-2-1-3-6-14)20-7-4-10-32(20)23-18(13-26)22(27)30-24(28)31-23/h1-3,5-6,8-9,11-12,20H,4,7,10H2,(H4,27,28,30,31). The highest BCUT2D eigenvalue weighted by Crippen LogP contribution is 2.42. The number of nitrogen functional groups attached to an aromatic ring is 2. The van der Waals surface area contributed by atoms with E-state index in [-0.39, 0.29) is 29.2 Å². The fraction of sp³-hybridized carbons (Fsp3) is 0.167. The largest absolute Gasteiger partial charge is 0.382 e. The van der Waals surface area contributed by atoms with E-state index in [1.807, 2.05) is 41.3 Å². The summed E-state index contributed by atoms with van der Waals surface area (Å²) in [6.45, 7) is 0.685. The molecule has 0 spiro atoms. The van der Waals surface area contributed by atoms with E-state index in [1.54, 1.807) is 6.07 Å². The van der Waals surface area contributed by atoms with Crippen LogP contribution in [0.2, 0.25) is 0 Å². The lowest BCUT2D eigenvalue weighted by Crippen LogP contribution is -2.26. The molecule has 0 bridgehead atoms. The van der Waals surface area contributed by atoms with Crippen LogP contribution in [0.5, 0.6) is 0 Å². The Morgan fingerprint density at radius 1 is 1.03 bits per heavy atom. The molecule has 1 atom stereocenters. The Balaban J connectivity index is 1.72. The van der Waals surface area contributed by atoms with Gasteiger partial charge in [-0.2, -0.15) is 15.2 Å². The van der Waals surface area contributed by atoms with Gasteiger partial charge < -0.3 is 16.4 Å². The number of hydrogen-bond donors (Lipinski definition) is 2. The molecule has 1 aliphatic rings. The third kappa shape index (κ3) is 3.34. The van der Waals surface area contributed by atoms with Gasteiger partial charge in [0.25, 0.3) is 0 Å². The van der Waals surface area contributed by atoms with Gasteiger partial charge in [0.1, 0.15) is 23.3 Å². The second kappa shape index (κ2) is 7.78. The van der Waals surface area contributed by atoms with Crippen LogP contribution in [0, 0.1) is 17.1 Å². The number of nitriles is 1. The number of benzene rings is 2. The van der Waals surface area contributed by atoms with Gasteiger partial charge in [0.05, 0.1) is 17.3 Å². The van der Waals surface area contributed by atoms with Crippen molar-refractivity contribution >= 4 is 28.5 Å². The minimum atomic E-state index is -0.329. The van der Waals surface area contributed by atoms with Crippen LogP contribution in [0.1, 0.15) is 30.0 Å². The molecule has 1 unspecified atom stereocenters. The first-order valence-electron chi connectivity index (χ1n) is 10.3. The number of pyridine rings is 1. The van der Waals surface area contributed by atoms with Gasteiger partial charge in [-0.15, -0.1) is 0 Å². The van der Waals surface area contributed by atoms with E-state index in [9.17, 15) is 9.65 Å². The van der Waals surface area contributed by atoms with Crippen molar-refractivity contribution in [3.63, 3.8) is 0 Å². The summed E-state index contributed by atoms with van der Waals surface area (Å²) in [5.41, 5.74) is 15.3. The molecular weight excluding hydrogens is 405 g/mol. The highest BCUT2D eigenvalue weighted by Gasteiger charge is 2.32. The quantitative estimate of drug-likeness (QED) is 0.505. The molecule has 0 amide bonds. The first-order chi connectivity index (χ1) is 15.5. The van der Waals surface area contributed by atoms with Crippen LogP contribution in [0.4, 0.5) is 22.0 Å². The van der Waals surface area contributed by atoms with Crippen molar-refractivity contribution in [1.29, 1.82) is 5.26 Å². The molecule has 1 fully saturated rings. The first-order valence-corrected chi connectivity index (χ1v) is 10.3. The monoisotopic (exact) mass is 425 g/mol. The molecular formula is C24H20FN7. The molecule has 1 aliphatic heterocycles. The molecule has 8 heteroatoms. The third-order valence-corrected chi connectivity index (χ3v) is 5.79. The van der Waals surface area contributed by atoms with Crippen molar-refractivity contribution in [2.45, 2.75) is 18.9 Å². The number of rotatable bonds is 3. The molecule has 2 aromatic heterocycles. The second-order valence-electron chi connectivity index (χ2n) is 7.76. The van der Waals surface area contributed by atoms with E-state index in [2.05, 4.69) is 16.0 Å². The molecule has 32 heavy (non-hydrogen) atoms. The summed E-state index contributed by atoms with van der Waals surface area (Å²) >= 11 is 0. The zero-order chi connectivity index (χ0) is 22.2. The van der Waals surface area contributed by atoms with Gasteiger partial charge in [-0.25, -0.2) is 9.37 Å². The normalized spacial score (nSPS) is 15.8. The summed E-state index contributed by atoms with van der Waals surface area (Å²) in [5, 5.41) is 10.5. The molecule has 0 saturated carbocycles. The molecule has 4 N–H and O–H groups in total. The van der Waals surface area contributed by atoms with Crippen molar-refractivity contribution in [3.05, 3.63) is 71.5 Å². The second-order valence-corrected chi connectivity index (χ2v) is 7.76. The van der Waals surface area contributed by atoms with E-state index in [0.29, 0.717) is 17.9 Å². The Morgan fingerprint density at radius 2 is 1.84 bits per heavy atom. The lowest BCUT2D eigenvalue weighted by molar-refractivity contribution is 0.629. The minimum Gasteiger partial charge on any atom is -0.382 e. The Bertz CT molecular complexity index is 1360. The van der Waals surface area contributed by atoms with Crippen LogP contribution >= 0.6 is 0 Å². The predicted molar refractivity (Wildman–Crippen MR) is 122 cm³/mol. The van der Waals surface area contributed by atoms with Crippen molar-refractivity contribution in [2.24, 2.45) is 0 Å². The van der Waals surface area contributed by atoms with Crippen LogP contribution in [0.25, 0.3) is 22.2 Å². The Kier molecular flexibility index (Phi) is 4.79. The van der Waals surface area contributed by atoms with Crippen molar-refractivity contribution in [2.75, 3.05) is 22.9 Å². The summed E-state index contributed by atoms with van der Waals surface area (Å²) in [5.74, 6) is 0.191. The van der Waals surface area contributed by atoms with E-state index < -0.39 is 0 Å². The fourth-order valence-electron chi connectivity index (χ4n) is 4.38. The van der Waals surface area contributed by atoms with Gasteiger partial charge in [0, 0.05) is 29.1 Å². The molecule has 1 saturated heterocycles. The van der Waals surface area contributed by atoms with Gasteiger partial charge in [-0.05, 0) is 31.0 Å². The van der Waals surface area contributed by atoms with Gasteiger partial charge in [-0.1, -0.05) is 30.3 Å². The van der Waals surface area contributed by atoms with Gasteiger partial charge in [0.2, 0.25) is 5.95 Å². The van der Waals surface area contributed by atoms with Crippen molar-refractivity contribution in [1.82, 2.24) is 15.0 Å². The average molecular weight is 425 g/mol. The zero-order valence-electron chi connectivity index (χ0n) is 17.2. The topological polar surface area (TPSA) is 118 Å². The molecule has 5 rings (SSSR count). The van der Waals surface area contributed by atoms with Crippen molar-refractivity contribution in [3.8, 4) is 17.3 Å². The molecule has 0 radical (unpaired) electrons.